The Morgan fingerprint density at radius 2 is 1.93 bits per heavy atom. The van der Waals surface area contributed by atoms with Gasteiger partial charge in [0.25, 0.3) is 5.91 Å². The zero-order valence-electron chi connectivity index (χ0n) is 15.5. The number of fused-ring (bicyclic) bond motifs is 1. The lowest BCUT2D eigenvalue weighted by Gasteiger charge is -2.14. The topological polar surface area (TPSA) is 68.5 Å². The Labute approximate surface area is 158 Å². The number of rotatable bonds is 7. The van der Waals surface area contributed by atoms with Gasteiger partial charge in [-0.1, -0.05) is 49.4 Å². The third-order valence-electron chi connectivity index (χ3n) is 4.50. The van der Waals surface area contributed by atoms with Crippen molar-refractivity contribution in [3.8, 4) is 0 Å². The molecule has 2 aromatic carbocycles. The molecule has 0 fully saturated rings. The SMILES string of the molecule is CCc1ccc2c(CC(=O)OCC(=O)N[C@H](C)c3ccccc3)coc2c1. The molecule has 0 unspecified atom stereocenters. The number of hydrogen-bond acceptors (Lipinski definition) is 4. The normalized spacial score (nSPS) is 11.9. The molecule has 0 bridgehead atoms. The van der Waals surface area contributed by atoms with Crippen molar-refractivity contribution in [2.24, 2.45) is 0 Å². The van der Waals surface area contributed by atoms with Gasteiger partial charge in [-0.25, -0.2) is 0 Å². The molecule has 3 rings (SSSR count). The number of ether oxygens (including phenoxy) is 1. The van der Waals surface area contributed by atoms with Crippen LogP contribution >= 0.6 is 0 Å². The number of carbonyl (C=O) groups excluding carboxylic acids is 2. The maximum absolute atomic E-state index is 12.1. The number of nitrogens with one attached hydrogen (secondary N) is 1. The highest BCUT2D eigenvalue weighted by Gasteiger charge is 2.14. The van der Waals surface area contributed by atoms with Crippen molar-refractivity contribution >= 4 is 22.8 Å². The molecule has 1 N–H and O–H groups in total. The number of aryl methyl sites for hydroxylation is 1. The highest BCUT2D eigenvalue weighted by Crippen LogP contribution is 2.23. The van der Waals surface area contributed by atoms with E-state index in [1.54, 1.807) is 6.26 Å². The molecule has 1 amide bonds. The Kier molecular flexibility index (Phi) is 5.91. The van der Waals surface area contributed by atoms with Gasteiger partial charge in [0.05, 0.1) is 18.7 Å². The number of carbonyl (C=O) groups is 2. The van der Waals surface area contributed by atoms with E-state index in [0.29, 0.717) is 0 Å². The van der Waals surface area contributed by atoms with E-state index >= 15 is 0 Å². The summed E-state index contributed by atoms with van der Waals surface area (Å²) in [5, 5.41) is 3.71. The molecular weight excluding hydrogens is 342 g/mol. The first-order chi connectivity index (χ1) is 13.1. The molecule has 3 aromatic rings. The monoisotopic (exact) mass is 365 g/mol. The van der Waals surface area contributed by atoms with Crippen LogP contribution in [0.3, 0.4) is 0 Å². The Bertz CT molecular complexity index is 930. The van der Waals surface area contributed by atoms with Gasteiger partial charge in [-0.15, -0.1) is 0 Å². The number of benzene rings is 2. The number of esters is 1. The van der Waals surface area contributed by atoms with E-state index in [2.05, 4.69) is 12.2 Å². The molecule has 140 valence electrons. The predicted molar refractivity (Wildman–Crippen MR) is 103 cm³/mol. The van der Waals surface area contributed by atoms with Gasteiger partial charge in [0.15, 0.2) is 6.61 Å². The van der Waals surface area contributed by atoms with Gasteiger partial charge in [0, 0.05) is 10.9 Å². The second kappa shape index (κ2) is 8.54. The van der Waals surface area contributed by atoms with E-state index in [-0.39, 0.29) is 25.0 Å². The summed E-state index contributed by atoms with van der Waals surface area (Å²) in [5.74, 6) is -0.788. The number of amides is 1. The fraction of sp³-hybridized carbons (Fsp3) is 0.273. The molecule has 27 heavy (non-hydrogen) atoms. The Hall–Kier alpha value is -3.08. The third-order valence-corrected chi connectivity index (χ3v) is 4.50. The van der Waals surface area contributed by atoms with Crippen LogP contribution < -0.4 is 5.32 Å². The van der Waals surface area contributed by atoms with E-state index in [0.717, 1.165) is 28.5 Å². The molecule has 5 heteroatoms. The first kappa shape index (κ1) is 18.7. The number of furan rings is 1. The van der Waals surface area contributed by atoms with Crippen LogP contribution in [0, 0.1) is 0 Å². The Balaban J connectivity index is 1.51. The molecule has 0 spiro atoms. The van der Waals surface area contributed by atoms with E-state index in [9.17, 15) is 9.59 Å². The van der Waals surface area contributed by atoms with Gasteiger partial charge in [0.2, 0.25) is 0 Å². The molecule has 0 saturated heterocycles. The zero-order chi connectivity index (χ0) is 19.2. The fourth-order valence-electron chi connectivity index (χ4n) is 2.95. The van der Waals surface area contributed by atoms with Crippen LogP contribution in [0.1, 0.15) is 36.6 Å². The highest BCUT2D eigenvalue weighted by atomic mass is 16.5. The molecule has 1 atom stereocenters. The standard InChI is InChI=1S/C22H23NO4/c1-3-16-9-10-19-18(13-26-20(19)11-16)12-22(25)27-14-21(24)23-15(2)17-7-5-4-6-8-17/h4-11,13,15H,3,12,14H2,1-2H3,(H,23,24)/t15-/m1/s1. The summed E-state index contributed by atoms with van der Waals surface area (Å²) in [6.07, 6.45) is 2.56. The van der Waals surface area contributed by atoms with Crippen molar-refractivity contribution in [3.63, 3.8) is 0 Å². The lowest BCUT2D eigenvalue weighted by atomic mass is 10.1. The summed E-state index contributed by atoms with van der Waals surface area (Å²) in [6.45, 7) is 3.66. The quantitative estimate of drug-likeness (QED) is 0.644. The van der Waals surface area contributed by atoms with Crippen LogP contribution in [0.15, 0.2) is 59.2 Å². The highest BCUT2D eigenvalue weighted by molar-refractivity contribution is 5.87. The summed E-state index contributed by atoms with van der Waals surface area (Å²) in [7, 11) is 0. The molecule has 0 radical (unpaired) electrons. The average molecular weight is 365 g/mol. The summed E-state index contributed by atoms with van der Waals surface area (Å²) in [4.78, 5) is 24.1. The summed E-state index contributed by atoms with van der Waals surface area (Å²) in [5.41, 5.74) is 3.69. The molecule has 1 aromatic heterocycles. The molecule has 0 aliphatic carbocycles. The molecule has 0 aliphatic rings. The van der Waals surface area contributed by atoms with Crippen LogP contribution in [0.25, 0.3) is 11.0 Å². The van der Waals surface area contributed by atoms with Crippen LogP contribution in [0.4, 0.5) is 0 Å². The average Bonchev–Trinajstić information content (AvgIpc) is 3.09. The number of hydrogen-bond donors (Lipinski definition) is 1. The largest absolute Gasteiger partial charge is 0.464 e. The lowest BCUT2D eigenvalue weighted by molar-refractivity contribution is -0.148. The molecular formula is C22H23NO4. The van der Waals surface area contributed by atoms with Crippen molar-refractivity contribution in [1.29, 1.82) is 0 Å². The van der Waals surface area contributed by atoms with Crippen molar-refractivity contribution in [1.82, 2.24) is 5.32 Å². The summed E-state index contributed by atoms with van der Waals surface area (Å²) < 4.78 is 10.6. The van der Waals surface area contributed by atoms with E-state index < -0.39 is 5.97 Å². The van der Waals surface area contributed by atoms with Crippen molar-refractivity contribution in [3.05, 3.63) is 71.5 Å². The zero-order valence-corrected chi connectivity index (χ0v) is 15.5. The minimum atomic E-state index is -0.459. The Morgan fingerprint density at radius 3 is 2.67 bits per heavy atom. The molecule has 0 saturated carbocycles. The first-order valence-corrected chi connectivity index (χ1v) is 9.05. The van der Waals surface area contributed by atoms with Crippen LogP contribution in [-0.4, -0.2) is 18.5 Å². The maximum atomic E-state index is 12.1. The second-order valence-electron chi connectivity index (χ2n) is 6.48. The van der Waals surface area contributed by atoms with Gasteiger partial charge in [-0.05, 0) is 30.5 Å². The minimum absolute atomic E-state index is 0.0694. The van der Waals surface area contributed by atoms with Gasteiger partial charge in [0.1, 0.15) is 5.58 Å². The van der Waals surface area contributed by atoms with E-state index in [1.165, 1.54) is 5.56 Å². The predicted octanol–water partition coefficient (Wildman–Crippen LogP) is 3.96. The van der Waals surface area contributed by atoms with Gasteiger partial charge in [-0.2, -0.15) is 0 Å². The van der Waals surface area contributed by atoms with Gasteiger partial charge >= 0.3 is 5.97 Å². The summed E-state index contributed by atoms with van der Waals surface area (Å²) >= 11 is 0. The minimum Gasteiger partial charge on any atom is -0.464 e. The Morgan fingerprint density at radius 1 is 1.15 bits per heavy atom. The van der Waals surface area contributed by atoms with Crippen LogP contribution in [-0.2, 0) is 27.2 Å². The van der Waals surface area contributed by atoms with Gasteiger partial charge in [-0.3, -0.25) is 9.59 Å². The molecule has 0 aliphatic heterocycles. The third kappa shape index (κ3) is 4.76. The fourth-order valence-corrected chi connectivity index (χ4v) is 2.95. The van der Waals surface area contributed by atoms with E-state index in [1.807, 2.05) is 55.5 Å². The van der Waals surface area contributed by atoms with Crippen molar-refractivity contribution in [2.45, 2.75) is 32.7 Å². The lowest BCUT2D eigenvalue weighted by Crippen LogP contribution is -2.31. The van der Waals surface area contributed by atoms with Gasteiger partial charge < -0.3 is 14.5 Å². The first-order valence-electron chi connectivity index (χ1n) is 9.05. The van der Waals surface area contributed by atoms with Crippen LogP contribution in [0.2, 0.25) is 0 Å². The molecule has 1 heterocycles. The van der Waals surface area contributed by atoms with Crippen molar-refractivity contribution < 1.29 is 18.7 Å². The maximum Gasteiger partial charge on any atom is 0.310 e. The molecule has 5 nitrogen and oxygen atoms in total. The summed E-state index contributed by atoms with van der Waals surface area (Å²) in [6, 6.07) is 15.4. The smallest absolute Gasteiger partial charge is 0.310 e. The van der Waals surface area contributed by atoms with E-state index in [4.69, 9.17) is 9.15 Å². The second-order valence-corrected chi connectivity index (χ2v) is 6.48. The van der Waals surface area contributed by atoms with Crippen LogP contribution in [0.5, 0.6) is 0 Å². The van der Waals surface area contributed by atoms with Crippen molar-refractivity contribution in [2.75, 3.05) is 6.61 Å².